The second kappa shape index (κ2) is 6.36. The molecular formula is C15H19NO3. The molecule has 1 N–H and O–H groups in total. The van der Waals surface area contributed by atoms with Crippen molar-refractivity contribution >= 4 is 11.9 Å². The minimum Gasteiger partial charge on any atom is -0.456 e. The van der Waals surface area contributed by atoms with Crippen LogP contribution in [0, 0.1) is 0 Å². The summed E-state index contributed by atoms with van der Waals surface area (Å²) in [5.74, 6) is -0.581. The fourth-order valence-electron chi connectivity index (χ4n) is 2.39. The number of nitrogens with one attached hydrogen (secondary N) is 1. The molecule has 1 aliphatic rings. The largest absolute Gasteiger partial charge is 0.456 e. The molecule has 0 bridgehead atoms. The zero-order chi connectivity index (χ0) is 13.7. The molecule has 0 fully saturated rings. The van der Waals surface area contributed by atoms with E-state index in [2.05, 4.69) is 17.4 Å². The van der Waals surface area contributed by atoms with Crippen LogP contribution in [0.25, 0.3) is 0 Å². The first-order chi connectivity index (χ1) is 9.20. The predicted molar refractivity (Wildman–Crippen MR) is 71.5 cm³/mol. The number of ether oxygens (including phenoxy) is 1. The van der Waals surface area contributed by atoms with Crippen molar-refractivity contribution in [3.8, 4) is 0 Å². The Bertz CT molecular complexity index is 470. The van der Waals surface area contributed by atoms with Gasteiger partial charge in [-0.05, 0) is 30.4 Å². The van der Waals surface area contributed by atoms with E-state index in [0.29, 0.717) is 6.42 Å². The molecule has 0 radical (unpaired) electrons. The number of carbonyl (C=O) groups is 2. The van der Waals surface area contributed by atoms with Crippen LogP contribution < -0.4 is 5.32 Å². The van der Waals surface area contributed by atoms with E-state index in [-0.39, 0.29) is 24.5 Å². The summed E-state index contributed by atoms with van der Waals surface area (Å²) in [6.45, 7) is 1.52. The van der Waals surface area contributed by atoms with Crippen LogP contribution >= 0.6 is 0 Å². The summed E-state index contributed by atoms with van der Waals surface area (Å²) in [6.07, 6.45) is 3.36. The monoisotopic (exact) mass is 261 g/mol. The number of amides is 1. The second-order valence-corrected chi connectivity index (χ2v) is 4.73. The number of esters is 1. The van der Waals surface area contributed by atoms with E-state index < -0.39 is 0 Å². The van der Waals surface area contributed by atoms with Crippen molar-refractivity contribution < 1.29 is 14.3 Å². The lowest BCUT2D eigenvalue weighted by molar-refractivity contribution is -0.148. The molecule has 0 aromatic heterocycles. The average molecular weight is 261 g/mol. The van der Waals surface area contributed by atoms with Crippen molar-refractivity contribution in [2.45, 2.75) is 38.6 Å². The third kappa shape index (κ3) is 3.56. The SMILES string of the molecule is CCC(=O)OCC(=O)N[C@H]1CCCc2ccccc21. The van der Waals surface area contributed by atoms with Crippen molar-refractivity contribution in [3.05, 3.63) is 35.4 Å². The Labute approximate surface area is 113 Å². The number of carbonyl (C=O) groups excluding carboxylic acids is 2. The Morgan fingerprint density at radius 1 is 1.37 bits per heavy atom. The summed E-state index contributed by atoms with van der Waals surface area (Å²) in [4.78, 5) is 22.8. The van der Waals surface area contributed by atoms with Crippen molar-refractivity contribution in [2.75, 3.05) is 6.61 Å². The van der Waals surface area contributed by atoms with Crippen LogP contribution in [-0.4, -0.2) is 18.5 Å². The van der Waals surface area contributed by atoms with Gasteiger partial charge in [0.25, 0.3) is 5.91 Å². The molecule has 1 aromatic carbocycles. The summed E-state index contributed by atoms with van der Waals surface area (Å²) >= 11 is 0. The second-order valence-electron chi connectivity index (χ2n) is 4.73. The zero-order valence-corrected chi connectivity index (χ0v) is 11.1. The number of hydrogen-bond donors (Lipinski definition) is 1. The minimum absolute atomic E-state index is 0.0396. The van der Waals surface area contributed by atoms with Crippen LogP contribution in [-0.2, 0) is 20.7 Å². The van der Waals surface area contributed by atoms with Crippen LogP contribution in [0.15, 0.2) is 24.3 Å². The molecule has 2 rings (SSSR count). The van der Waals surface area contributed by atoms with E-state index in [1.165, 1.54) is 11.1 Å². The van der Waals surface area contributed by atoms with Crippen LogP contribution in [0.2, 0.25) is 0 Å². The van der Waals surface area contributed by atoms with Gasteiger partial charge in [-0.3, -0.25) is 9.59 Å². The van der Waals surface area contributed by atoms with E-state index in [1.54, 1.807) is 6.92 Å². The summed E-state index contributed by atoms with van der Waals surface area (Å²) in [5.41, 5.74) is 2.48. The number of aryl methyl sites for hydroxylation is 1. The van der Waals surface area contributed by atoms with E-state index >= 15 is 0 Å². The first kappa shape index (κ1) is 13.6. The van der Waals surface area contributed by atoms with Gasteiger partial charge in [0, 0.05) is 6.42 Å². The molecule has 0 aliphatic heterocycles. The van der Waals surface area contributed by atoms with Crippen molar-refractivity contribution in [3.63, 3.8) is 0 Å². The molecular weight excluding hydrogens is 242 g/mol. The molecule has 0 saturated carbocycles. The van der Waals surface area contributed by atoms with Crippen molar-refractivity contribution in [1.82, 2.24) is 5.32 Å². The maximum absolute atomic E-state index is 11.8. The highest BCUT2D eigenvalue weighted by Crippen LogP contribution is 2.29. The van der Waals surface area contributed by atoms with Gasteiger partial charge >= 0.3 is 5.97 Å². The van der Waals surface area contributed by atoms with Gasteiger partial charge in [0.15, 0.2) is 6.61 Å². The topological polar surface area (TPSA) is 55.4 Å². The number of rotatable bonds is 4. The van der Waals surface area contributed by atoms with Crippen molar-refractivity contribution in [2.24, 2.45) is 0 Å². The van der Waals surface area contributed by atoms with E-state index in [1.807, 2.05) is 12.1 Å². The molecule has 4 heteroatoms. The molecule has 102 valence electrons. The molecule has 1 amide bonds. The Morgan fingerprint density at radius 3 is 2.95 bits per heavy atom. The molecule has 0 unspecified atom stereocenters. The minimum atomic E-state index is -0.348. The maximum atomic E-state index is 11.8. The molecule has 1 atom stereocenters. The fraction of sp³-hybridized carbons (Fsp3) is 0.467. The van der Waals surface area contributed by atoms with E-state index in [9.17, 15) is 9.59 Å². The standard InChI is InChI=1S/C15H19NO3/c1-2-15(18)19-10-14(17)16-13-9-5-7-11-6-3-4-8-12(11)13/h3-4,6,8,13H,2,5,7,9-10H2,1H3,(H,16,17)/t13-/m0/s1. The summed E-state index contributed by atoms with van der Waals surface area (Å²) in [5, 5.41) is 2.94. The summed E-state index contributed by atoms with van der Waals surface area (Å²) in [6, 6.07) is 8.20. The Hall–Kier alpha value is -1.84. The third-order valence-electron chi connectivity index (χ3n) is 3.36. The van der Waals surface area contributed by atoms with E-state index in [0.717, 1.165) is 19.3 Å². The highest BCUT2D eigenvalue weighted by molar-refractivity contribution is 5.80. The highest BCUT2D eigenvalue weighted by atomic mass is 16.5. The van der Waals surface area contributed by atoms with Gasteiger partial charge in [-0.25, -0.2) is 0 Å². The Balaban J connectivity index is 1.93. The Morgan fingerprint density at radius 2 is 2.16 bits per heavy atom. The normalized spacial score (nSPS) is 17.4. The van der Waals surface area contributed by atoms with Gasteiger partial charge in [0.1, 0.15) is 0 Å². The number of hydrogen-bond acceptors (Lipinski definition) is 3. The van der Waals surface area contributed by atoms with Crippen molar-refractivity contribution in [1.29, 1.82) is 0 Å². The van der Waals surface area contributed by atoms with Gasteiger partial charge in [0.05, 0.1) is 6.04 Å². The van der Waals surface area contributed by atoms with Gasteiger partial charge in [-0.1, -0.05) is 31.2 Å². The van der Waals surface area contributed by atoms with Gasteiger partial charge in [-0.2, -0.15) is 0 Å². The summed E-state index contributed by atoms with van der Waals surface area (Å²) < 4.78 is 4.83. The Kier molecular flexibility index (Phi) is 4.55. The molecule has 1 aromatic rings. The molecule has 4 nitrogen and oxygen atoms in total. The van der Waals surface area contributed by atoms with Crippen LogP contribution in [0.1, 0.15) is 43.4 Å². The zero-order valence-electron chi connectivity index (χ0n) is 11.1. The lowest BCUT2D eigenvalue weighted by Gasteiger charge is -2.26. The quantitative estimate of drug-likeness (QED) is 0.845. The summed E-state index contributed by atoms with van der Waals surface area (Å²) in [7, 11) is 0. The first-order valence-electron chi connectivity index (χ1n) is 6.73. The fourth-order valence-corrected chi connectivity index (χ4v) is 2.39. The lowest BCUT2D eigenvalue weighted by atomic mass is 9.88. The smallest absolute Gasteiger partial charge is 0.306 e. The molecule has 1 aliphatic carbocycles. The number of fused-ring (bicyclic) bond motifs is 1. The van der Waals surface area contributed by atoms with E-state index in [4.69, 9.17) is 4.74 Å². The predicted octanol–water partition coefficient (Wildman–Crippen LogP) is 2.13. The lowest BCUT2D eigenvalue weighted by Crippen LogP contribution is -2.34. The highest BCUT2D eigenvalue weighted by Gasteiger charge is 2.21. The molecule has 19 heavy (non-hydrogen) atoms. The third-order valence-corrected chi connectivity index (χ3v) is 3.36. The molecule has 0 spiro atoms. The van der Waals surface area contributed by atoms with Gasteiger partial charge in [-0.15, -0.1) is 0 Å². The molecule has 0 heterocycles. The van der Waals surface area contributed by atoms with Crippen LogP contribution in [0.5, 0.6) is 0 Å². The van der Waals surface area contributed by atoms with Crippen LogP contribution in [0.3, 0.4) is 0 Å². The first-order valence-corrected chi connectivity index (χ1v) is 6.73. The number of benzene rings is 1. The average Bonchev–Trinajstić information content (AvgIpc) is 2.45. The van der Waals surface area contributed by atoms with Crippen LogP contribution in [0.4, 0.5) is 0 Å². The van der Waals surface area contributed by atoms with Gasteiger partial charge in [0.2, 0.25) is 0 Å². The molecule has 0 saturated heterocycles. The van der Waals surface area contributed by atoms with Gasteiger partial charge < -0.3 is 10.1 Å². The maximum Gasteiger partial charge on any atom is 0.306 e.